The molecule has 1 aliphatic rings. The van der Waals surface area contributed by atoms with E-state index in [9.17, 15) is 9.59 Å². The second-order valence-corrected chi connectivity index (χ2v) is 7.22. The zero-order valence-corrected chi connectivity index (χ0v) is 13.6. The molecule has 2 amide bonds. The molecule has 1 rings (SSSR count). The summed E-state index contributed by atoms with van der Waals surface area (Å²) in [5.41, 5.74) is 0. The molecule has 5 nitrogen and oxygen atoms in total. The highest BCUT2D eigenvalue weighted by molar-refractivity contribution is 8.00. The lowest BCUT2D eigenvalue weighted by atomic mass is 10.0. The van der Waals surface area contributed by atoms with Crippen molar-refractivity contribution in [2.75, 3.05) is 5.75 Å². The van der Waals surface area contributed by atoms with Crippen molar-refractivity contribution < 1.29 is 14.7 Å². The normalized spacial score (nSPS) is 23.9. The summed E-state index contributed by atoms with van der Waals surface area (Å²) in [5, 5.41) is 12.0. The van der Waals surface area contributed by atoms with E-state index >= 15 is 0 Å². The van der Waals surface area contributed by atoms with E-state index in [1.807, 2.05) is 13.8 Å². The van der Waals surface area contributed by atoms with Gasteiger partial charge in [-0.2, -0.15) is 0 Å². The monoisotopic (exact) mass is 302 g/mol. The molecule has 0 spiro atoms. The predicted molar refractivity (Wildman–Crippen MR) is 81.9 cm³/mol. The number of hydrogen-bond acceptors (Lipinski definition) is 3. The minimum Gasteiger partial charge on any atom is -0.480 e. The third-order valence-corrected chi connectivity index (χ3v) is 4.75. The fraction of sp³-hybridized carbons (Fsp3) is 0.857. The summed E-state index contributed by atoms with van der Waals surface area (Å²) in [5.74, 6) is 0.208. The molecule has 1 saturated heterocycles. The van der Waals surface area contributed by atoms with Gasteiger partial charge >= 0.3 is 12.0 Å². The van der Waals surface area contributed by atoms with Gasteiger partial charge in [-0.25, -0.2) is 9.59 Å². The van der Waals surface area contributed by atoms with E-state index in [2.05, 4.69) is 19.2 Å². The first-order valence-corrected chi connectivity index (χ1v) is 8.31. The number of urea groups is 1. The lowest BCUT2D eigenvalue weighted by molar-refractivity contribution is -0.141. The van der Waals surface area contributed by atoms with E-state index in [1.165, 1.54) is 16.7 Å². The Labute approximate surface area is 125 Å². The van der Waals surface area contributed by atoms with E-state index in [4.69, 9.17) is 5.11 Å². The number of nitrogens with one attached hydrogen (secondary N) is 1. The Morgan fingerprint density at radius 2 is 2.00 bits per heavy atom. The Bertz CT molecular complexity index is 349. The number of carboxylic acids is 1. The van der Waals surface area contributed by atoms with Gasteiger partial charge in [0.05, 0.1) is 5.37 Å². The molecule has 0 bridgehead atoms. The van der Waals surface area contributed by atoms with Gasteiger partial charge in [0.1, 0.15) is 6.04 Å². The highest BCUT2D eigenvalue weighted by Gasteiger charge is 2.39. The van der Waals surface area contributed by atoms with Gasteiger partial charge in [0, 0.05) is 11.8 Å². The Balaban J connectivity index is 2.46. The van der Waals surface area contributed by atoms with E-state index in [1.54, 1.807) is 0 Å². The van der Waals surface area contributed by atoms with Crippen molar-refractivity contribution in [3.63, 3.8) is 0 Å². The van der Waals surface area contributed by atoms with Crippen molar-refractivity contribution in [1.82, 2.24) is 10.2 Å². The maximum Gasteiger partial charge on any atom is 0.327 e. The van der Waals surface area contributed by atoms with Crippen LogP contribution in [0.3, 0.4) is 0 Å². The van der Waals surface area contributed by atoms with Crippen LogP contribution >= 0.6 is 11.8 Å². The molecular weight excluding hydrogens is 276 g/mol. The maximum absolute atomic E-state index is 12.2. The van der Waals surface area contributed by atoms with Crippen LogP contribution in [0.25, 0.3) is 0 Å². The van der Waals surface area contributed by atoms with Crippen LogP contribution in [0.5, 0.6) is 0 Å². The molecule has 20 heavy (non-hydrogen) atoms. The number of carboxylic acid groups (broad SMARTS) is 1. The number of nitrogens with zero attached hydrogens (tertiary/aromatic N) is 1. The molecule has 0 radical (unpaired) electrons. The quantitative estimate of drug-likeness (QED) is 0.791. The molecule has 6 heteroatoms. The van der Waals surface area contributed by atoms with Gasteiger partial charge in [-0.05, 0) is 26.2 Å². The van der Waals surface area contributed by atoms with Crippen LogP contribution in [0.4, 0.5) is 4.79 Å². The highest BCUT2D eigenvalue weighted by atomic mass is 32.2. The molecule has 3 atom stereocenters. The van der Waals surface area contributed by atoms with Gasteiger partial charge in [0.25, 0.3) is 0 Å². The third-order valence-electron chi connectivity index (χ3n) is 3.53. The Kier molecular flexibility index (Phi) is 6.65. The van der Waals surface area contributed by atoms with E-state index in [-0.39, 0.29) is 17.4 Å². The summed E-state index contributed by atoms with van der Waals surface area (Å²) < 4.78 is 0. The number of carbonyl (C=O) groups excluding carboxylic acids is 1. The van der Waals surface area contributed by atoms with Crippen molar-refractivity contribution in [3.8, 4) is 0 Å². The Morgan fingerprint density at radius 3 is 2.55 bits per heavy atom. The number of hydrogen-bond donors (Lipinski definition) is 2. The molecular formula is C14H26N2O3S. The molecule has 0 aromatic heterocycles. The largest absolute Gasteiger partial charge is 0.480 e. The second kappa shape index (κ2) is 7.76. The Hall–Kier alpha value is -0.910. The standard InChI is InChI=1S/C14H26N2O3S/c1-9(2)6-5-7-10(3)15-14(19)16-11(4)20-8-12(16)13(17)18/h9-12H,5-8H2,1-4H3,(H,15,19)(H,17,18). The molecule has 3 unspecified atom stereocenters. The topological polar surface area (TPSA) is 69.6 Å². The molecule has 116 valence electrons. The van der Waals surface area contributed by atoms with Crippen LogP contribution in [0.15, 0.2) is 0 Å². The lowest BCUT2D eigenvalue weighted by Crippen LogP contribution is -2.51. The van der Waals surface area contributed by atoms with Crippen LogP contribution in [-0.4, -0.2) is 45.2 Å². The van der Waals surface area contributed by atoms with Crippen LogP contribution in [0.1, 0.15) is 47.0 Å². The van der Waals surface area contributed by atoms with E-state index < -0.39 is 12.0 Å². The van der Waals surface area contributed by atoms with Crippen LogP contribution in [0, 0.1) is 5.92 Å². The van der Waals surface area contributed by atoms with E-state index in [0.29, 0.717) is 11.7 Å². The van der Waals surface area contributed by atoms with Gasteiger partial charge < -0.3 is 10.4 Å². The zero-order valence-electron chi connectivity index (χ0n) is 12.8. The molecule has 0 aromatic carbocycles. The molecule has 1 aliphatic heterocycles. The average Bonchev–Trinajstić information content (AvgIpc) is 2.70. The number of carbonyl (C=O) groups is 2. The summed E-state index contributed by atoms with van der Waals surface area (Å²) in [6.07, 6.45) is 3.15. The number of aliphatic carboxylic acids is 1. The summed E-state index contributed by atoms with van der Waals surface area (Å²) >= 11 is 1.50. The third kappa shape index (κ3) is 4.89. The fourth-order valence-electron chi connectivity index (χ4n) is 2.33. The molecule has 0 aliphatic carbocycles. The smallest absolute Gasteiger partial charge is 0.327 e. The number of rotatable bonds is 6. The minimum atomic E-state index is -0.926. The predicted octanol–water partition coefficient (Wildman–Crippen LogP) is 2.76. The lowest BCUT2D eigenvalue weighted by Gasteiger charge is -2.27. The molecule has 0 aromatic rings. The average molecular weight is 302 g/mol. The van der Waals surface area contributed by atoms with Crippen molar-refractivity contribution >= 4 is 23.8 Å². The Morgan fingerprint density at radius 1 is 1.35 bits per heavy atom. The first kappa shape index (κ1) is 17.1. The van der Waals surface area contributed by atoms with Crippen LogP contribution in [0.2, 0.25) is 0 Å². The van der Waals surface area contributed by atoms with Gasteiger partial charge in [0.2, 0.25) is 0 Å². The summed E-state index contributed by atoms with van der Waals surface area (Å²) in [6.45, 7) is 8.21. The van der Waals surface area contributed by atoms with Gasteiger partial charge in [-0.15, -0.1) is 11.8 Å². The second-order valence-electron chi connectivity index (χ2n) is 5.87. The summed E-state index contributed by atoms with van der Waals surface area (Å²) in [7, 11) is 0. The molecule has 0 saturated carbocycles. The number of thioether (sulfide) groups is 1. The van der Waals surface area contributed by atoms with Crippen molar-refractivity contribution in [2.24, 2.45) is 5.92 Å². The fourth-order valence-corrected chi connectivity index (χ4v) is 3.50. The SMILES string of the molecule is CC(C)CCCC(C)NC(=O)N1C(C)SCC1C(=O)O. The summed E-state index contributed by atoms with van der Waals surface area (Å²) in [4.78, 5) is 24.8. The molecule has 1 heterocycles. The van der Waals surface area contributed by atoms with Crippen molar-refractivity contribution in [1.29, 1.82) is 0 Å². The van der Waals surface area contributed by atoms with E-state index in [0.717, 1.165) is 19.3 Å². The first-order valence-electron chi connectivity index (χ1n) is 7.26. The van der Waals surface area contributed by atoms with Gasteiger partial charge in [-0.3, -0.25) is 4.90 Å². The number of amides is 2. The van der Waals surface area contributed by atoms with Crippen molar-refractivity contribution in [2.45, 2.75) is 64.4 Å². The van der Waals surface area contributed by atoms with Crippen LogP contribution < -0.4 is 5.32 Å². The summed E-state index contributed by atoms with van der Waals surface area (Å²) in [6, 6.07) is -0.890. The molecule has 2 N–H and O–H groups in total. The zero-order chi connectivity index (χ0) is 15.3. The van der Waals surface area contributed by atoms with Gasteiger partial charge in [-0.1, -0.05) is 26.7 Å². The molecule has 1 fully saturated rings. The van der Waals surface area contributed by atoms with Gasteiger partial charge in [0.15, 0.2) is 0 Å². The first-order chi connectivity index (χ1) is 9.32. The van der Waals surface area contributed by atoms with Crippen molar-refractivity contribution in [3.05, 3.63) is 0 Å². The van der Waals surface area contributed by atoms with Crippen LogP contribution in [-0.2, 0) is 4.79 Å². The highest BCUT2D eigenvalue weighted by Crippen LogP contribution is 2.28. The minimum absolute atomic E-state index is 0.0773. The maximum atomic E-state index is 12.2.